The number of aromatic hydroxyl groups is 1. The summed E-state index contributed by atoms with van der Waals surface area (Å²) in [5, 5.41) is 11.4. The van der Waals surface area contributed by atoms with Gasteiger partial charge in [-0.15, -0.1) is 0 Å². The first kappa shape index (κ1) is 70.2. The van der Waals surface area contributed by atoms with E-state index in [4.69, 9.17) is 32.9 Å². The summed E-state index contributed by atoms with van der Waals surface area (Å²) in [6.45, 7) is 54.8. The quantitative estimate of drug-likeness (QED) is 0.0660. The van der Waals surface area contributed by atoms with Crippen LogP contribution in [-0.4, -0.2) is 89.7 Å². The van der Waals surface area contributed by atoms with Crippen molar-refractivity contribution < 1.29 is 38.0 Å². The van der Waals surface area contributed by atoms with E-state index in [0.29, 0.717) is 5.75 Å². The number of phenols is 1. The maximum atomic E-state index is 11.4. The van der Waals surface area contributed by atoms with Crippen LogP contribution in [0.25, 0.3) is 0 Å². The minimum Gasteiger partial charge on any atom is -0.508 e. The summed E-state index contributed by atoms with van der Waals surface area (Å²) < 4.78 is 57.4. The highest BCUT2D eigenvalue weighted by Gasteiger charge is 2.50. The molecule has 0 atom stereocenters. The van der Waals surface area contributed by atoms with Crippen LogP contribution in [0.15, 0.2) is 42.5 Å². The summed E-state index contributed by atoms with van der Waals surface area (Å²) in [6.07, 6.45) is 12.9. The van der Waals surface area contributed by atoms with Crippen LogP contribution in [0.1, 0.15) is 128 Å². The lowest BCUT2D eigenvalue weighted by Crippen LogP contribution is -2.59. The molecule has 0 amide bonds. The fourth-order valence-corrected chi connectivity index (χ4v) is 62.3. The van der Waals surface area contributed by atoms with Crippen molar-refractivity contribution in [1.82, 2.24) is 0 Å². The van der Waals surface area contributed by atoms with Crippen molar-refractivity contribution in [3.05, 3.63) is 64.7 Å². The van der Waals surface area contributed by atoms with Gasteiger partial charge in [0.1, 0.15) is 5.75 Å². The molecule has 0 radical (unpaired) electrons. The van der Waals surface area contributed by atoms with Crippen molar-refractivity contribution >= 4 is 84.6 Å². The van der Waals surface area contributed by atoms with Gasteiger partial charge in [0, 0.05) is 5.41 Å². The first-order valence-corrected chi connectivity index (χ1v) is 58.0. The minimum absolute atomic E-state index is 0.296. The van der Waals surface area contributed by atoms with Crippen LogP contribution in [0.3, 0.4) is 0 Å². The van der Waals surface area contributed by atoms with E-state index in [-0.39, 0.29) is 5.41 Å². The van der Waals surface area contributed by atoms with Gasteiger partial charge in [0.2, 0.25) is 0 Å². The van der Waals surface area contributed by atoms with Crippen molar-refractivity contribution in [2.24, 2.45) is 0 Å². The number of phenolic OH excluding ortho intramolecular Hbond substituents is 1. The van der Waals surface area contributed by atoms with Crippen LogP contribution in [0.4, 0.5) is 0 Å². The molecule has 0 saturated heterocycles. The number of benzene rings is 2. The Morgan fingerprint density at radius 3 is 1.04 bits per heavy atom. The summed E-state index contributed by atoms with van der Waals surface area (Å²) in [7, 11) is -23.4. The van der Waals surface area contributed by atoms with Gasteiger partial charge < -0.3 is 38.0 Å². The van der Waals surface area contributed by atoms with Crippen LogP contribution in [0.2, 0.25) is 154 Å². The Hall–Kier alpha value is 0.0888. The Kier molecular flexibility index (Phi) is 27.7. The second kappa shape index (κ2) is 29.2. The Bertz CT molecular complexity index is 1900. The molecule has 0 aromatic heterocycles. The third-order valence-electron chi connectivity index (χ3n) is 14.1. The van der Waals surface area contributed by atoms with Crippen molar-refractivity contribution in [3.63, 3.8) is 0 Å². The fourth-order valence-electron chi connectivity index (χ4n) is 11.4. The largest absolute Gasteiger partial charge is 0.508 e. The molecular weight excluding hydrogens is 1090 g/mol. The van der Waals surface area contributed by atoms with Gasteiger partial charge in [0.05, 0.1) is 0 Å². The second-order valence-electron chi connectivity index (χ2n) is 27.0. The first-order chi connectivity index (χ1) is 33.7. The number of aryl methyl sites for hydroxylation is 2. The Morgan fingerprint density at radius 1 is 0.378 bits per heavy atom. The molecule has 0 saturated carbocycles. The van der Waals surface area contributed by atoms with Gasteiger partial charge in [-0.3, -0.25) is 0 Å². The van der Waals surface area contributed by atoms with Gasteiger partial charge in [-0.25, -0.2) is 0 Å². The van der Waals surface area contributed by atoms with Crippen LogP contribution in [0.5, 0.6) is 5.75 Å². The van der Waals surface area contributed by atoms with Crippen molar-refractivity contribution in [2.75, 3.05) is 0 Å². The highest BCUT2D eigenvalue weighted by Crippen LogP contribution is 2.38. The van der Waals surface area contributed by atoms with E-state index in [9.17, 15) is 5.11 Å². The topological polar surface area (TPSA) is 94.1 Å². The molecule has 2 aromatic carbocycles. The summed E-state index contributed by atoms with van der Waals surface area (Å²) in [5.41, 5.74) is 4.44. The van der Waals surface area contributed by atoms with Crippen LogP contribution in [-0.2, 0) is 51.2 Å². The lowest BCUT2D eigenvalue weighted by Gasteiger charge is -2.44. The maximum Gasteiger partial charge on any atom is 0.317 e. The molecule has 0 bridgehead atoms. The molecule has 0 aliphatic carbocycles. The molecule has 19 heteroatoms. The molecule has 9 nitrogen and oxygen atoms in total. The molecule has 0 aliphatic heterocycles. The first-order valence-electron chi connectivity index (χ1n) is 29.2. The van der Waals surface area contributed by atoms with Gasteiger partial charge in [0.15, 0.2) is 33.3 Å². The van der Waals surface area contributed by atoms with Crippen LogP contribution < -0.4 is 0 Å². The Labute approximate surface area is 468 Å². The van der Waals surface area contributed by atoms with E-state index in [1.165, 1.54) is 68.1 Å². The number of unbranched alkanes of at least 4 members (excludes halogenated alkanes) is 4. The summed E-state index contributed by atoms with van der Waals surface area (Å²) >= 11 is 0. The van der Waals surface area contributed by atoms with E-state index in [2.05, 4.69) is 196 Å². The maximum absolute atomic E-state index is 11.4. The highest BCUT2D eigenvalue weighted by molar-refractivity contribution is 6.92. The second-order valence-corrected chi connectivity index (χ2v) is 66.4. The third-order valence-corrected chi connectivity index (χ3v) is 54.3. The zero-order valence-electron chi connectivity index (χ0n) is 52.5. The van der Waals surface area contributed by atoms with Gasteiger partial charge in [-0.2, -0.15) is 0 Å². The standard InChI is InChI=1S/C55H116O9Si10/c1-25-29-42-65(7,8)57-69(15,16)61-73(23,62-70(17,18)58-66(9,10)43-30-26-2)46-34-37-50-36-33-39-52(48-50)55(5,6)53-40-41-54(56)51(49-53)38-35-47-74(24,63-71(19,20)59-67(11,12)44-31-27-3)64-72(21,22)60-68(13,14)45-32-28-4/h33,36,39-41,48-49,56H,25-32,34-35,37-38,42-47H2,1-24H3. The number of rotatable bonds is 38. The zero-order chi connectivity index (χ0) is 56.7. The third kappa shape index (κ3) is 26.6. The lowest BCUT2D eigenvalue weighted by atomic mass is 9.77. The van der Waals surface area contributed by atoms with Crippen molar-refractivity contribution in [3.8, 4) is 5.75 Å². The Balaban J connectivity index is 2.41. The molecule has 2 rings (SSSR count). The van der Waals surface area contributed by atoms with Gasteiger partial charge >= 0.3 is 51.4 Å². The SMILES string of the molecule is CCCC[Si](C)(C)O[Si](C)(C)O[Si](C)(CCCc1cccc(C(C)(C)c2ccc(O)c(CCC[Si](C)(O[Si](C)(C)O[Si](C)(C)CCCC)O[Si](C)(C)O[Si](C)(C)CCCC)c2)c1)O[Si](C)(C)O[Si](C)(C)CCCC. The highest BCUT2D eigenvalue weighted by atomic mass is 28.5. The molecule has 0 fully saturated rings. The molecule has 74 heavy (non-hydrogen) atoms. The van der Waals surface area contributed by atoms with Crippen molar-refractivity contribution in [2.45, 2.75) is 278 Å². The number of hydrogen-bond donors (Lipinski definition) is 1. The molecule has 2 aromatic rings. The molecule has 0 heterocycles. The summed E-state index contributed by atoms with van der Waals surface area (Å²) in [5.74, 6) is 0.343. The fraction of sp³-hybridized carbons (Fsp3) is 0.782. The van der Waals surface area contributed by atoms with Gasteiger partial charge in [-0.05, 0) is 208 Å². The average Bonchev–Trinajstić information content (AvgIpc) is 3.21. The molecule has 0 spiro atoms. The summed E-state index contributed by atoms with van der Waals surface area (Å²) in [6, 6.07) is 21.6. The van der Waals surface area contributed by atoms with E-state index < -0.39 is 84.6 Å². The molecule has 0 aliphatic rings. The monoisotopic (exact) mass is 1200 g/mol. The molecular formula is C55H116O9Si10. The molecule has 430 valence electrons. The summed E-state index contributed by atoms with van der Waals surface area (Å²) in [4.78, 5) is 0. The molecule has 0 unspecified atom stereocenters. The minimum atomic E-state index is -2.82. The van der Waals surface area contributed by atoms with E-state index >= 15 is 0 Å². The van der Waals surface area contributed by atoms with E-state index in [1.807, 2.05) is 6.07 Å². The van der Waals surface area contributed by atoms with Gasteiger partial charge in [-0.1, -0.05) is 129 Å². The predicted molar refractivity (Wildman–Crippen MR) is 344 cm³/mol. The van der Waals surface area contributed by atoms with E-state index in [0.717, 1.165) is 67.5 Å². The number of hydrogen-bond acceptors (Lipinski definition) is 9. The van der Waals surface area contributed by atoms with E-state index in [1.54, 1.807) is 0 Å². The normalized spacial score (nSPS) is 14.3. The van der Waals surface area contributed by atoms with Crippen molar-refractivity contribution in [1.29, 1.82) is 0 Å². The molecule has 1 N–H and O–H groups in total. The van der Waals surface area contributed by atoms with Gasteiger partial charge in [0.25, 0.3) is 0 Å². The zero-order valence-corrected chi connectivity index (χ0v) is 62.5. The lowest BCUT2D eigenvalue weighted by molar-refractivity contribution is 0.287. The smallest absolute Gasteiger partial charge is 0.317 e. The van der Waals surface area contributed by atoms with Crippen LogP contribution in [0, 0.1) is 0 Å². The average molecular weight is 1200 g/mol. The Morgan fingerprint density at radius 2 is 0.703 bits per heavy atom. The predicted octanol–water partition coefficient (Wildman–Crippen LogP) is 18.7. The van der Waals surface area contributed by atoms with Crippen LogP contribution >= 0.6 is 0 Å².